The maximum atomic E-state index is 12.2. The molecule has 1 fully saturated rings. The molecule has 5 nitrogen and oxygen atoms in total. The van der Waals surface area contributed by atoms with Gasteiger partial charge in [-0.1, -0.05) is 13.8 Å². The molecule has 1 rings (SSSR count). The monoisotopic (exact) mass is 284 g/mol. The van der Waals surface area contributed by atoms with Crippen LogP contribution in [-0.2, 0) is 9.59 Å². The van der Waals surface area contributed by atoms with Crippen LogP contribution in [0.15, 0.2) is 0 Å². The van der Waals surface area contributed by atoms with Gasteiger partial charge < -0.3 is 10.0 Å². The number of hydrogen-bond donors (Lipinski definition) is 1. The lowest BCUT2D eigenvalue weighted by Crippen LogP contribution is -2.46. The van der Waals surface area contributed by atoms with E-state index in [1.54, 1.807) is 4.90 Å². The SMILES string of the molecule is CC(C)CC(C)N(C)CC(=O)N1CCC(C(=O)O)CC1. The van der Waals surface area contributed by atoms with Crippen molar-refractivity contribution in [3.05, 3.63) is 0 Å². The molecule has 1 amide bonds. The molecule has 0 spiro atoms. The molecule has 1 aliphatic rings. The fourth-order valence-corrected chi connectivity index (χ4v) is 2.71. The quantitative estimate of drug-likeness (QED) is 0.806. The van der Waals surface area contributed by atoms with Gasteiger partial charge in [-0.25, -0.2) is 0 Å². The molecule has 1 saturated heterocycles. The smallest absolute Gasteiger partial charge is 0.306 e. The number of carbonyl (C=O) groups is 2. The number of amides is 1. The highest BCUT2D eigenvalue weighted by Crippen LogP contribution is 2.18. The highest BCUT2D eigenvalue weighted by atomic mass is 16.4. The fourth-order valence-electron chi connectivity index (χ4n) is 2.71. The minimum Gasteiger partial charge on any atom is -0.481 e. The summed E-state index contributed by atoms with van der Waals surface area (Å²) in [6.07, 6.45) is 2.23. The zero-order valence-electron chi connectivity index (χ0n) is 13.1. The van der Waals surface area contributed by atoms with E-state index in [1.807, 2.05) is 7.05 Å². The van der Waals surface area contributed by atoms with Crippen LogP contribution in [0.4, 0.5) is 0 Å². The molecule has 0 bridgehead atoms. The van der Waals surface area contributed by atoms with Crippen molar-refractivity contribution in [1.82, 2.24) is 9.80 Å². The number of hydrogen-bond acceptors (Lipinski definition) is 3. The van der Waals surface area contributed by atoms with Gasteiger partial charge in [-0.2, -0.15) is 0 Å². The lowest BCUT2D eigenvalue weighted by molar-refractivity contribution is -0.146. The summed E-state index contributed by atoms with van der Waals surface area (Å²) in [7, 11) is 1.98. The summed E-state index contributed by atoms with van der Waals surface area (Å²) < 4.78 is 0. The van der Waals surface area contributed by atoms with Crippen LogP contribution < -0.4 is 0 Å². The summed E-state index contributed by atoms with van der Waals surface area (Å²) >= 11 is 0. The number of carboxylic acids is 1. The average Bonchev–Trinajstić information content (AvgIpc) is 2.37. The predicted molar refractivity (Wildman–Crippen MR) is 78.5 cm³/mol. The molecule has 0 radical (unpaired) electrons. The number of carboxylic acid groups (broad SMARTS) is 1. The second kappa shape index (κ2) is 7.62. The van der Waals surface area contributed by atoms with Gasteiger partial charge >= 0.3 is 5.97 Å². The lowest BCUT2D eigenvalue weighted by Gasteiger charge is -2.33. The van der Waals surface area contributed by atoms with Crippen LogP contribution >= 0.6 is 0 Å². The van der Waals surface area contributed by atoms with Crippen molar-refractivity contribution in [1.29, 1.82) is 0 Å². The second-order valence-electron chi connectivity index (χ2n) is 6.39. The van der Waals surface area contributed by atoms with Crippen LogP contribution in [0.3, 0.4) is 0 Å². The van der Waals surface area contributed by atoms with E-state index in [0.29, 0.717) is 44.4 Å². The molecular formula is C15H28N2O3. The van der Waals surface area contributed by atoms with Gasteiger partial charge in [0.1, 0.15) is 0 Å². The van der Waals surface area contributed by atoms with Crippen molar-refractivity contribution in [2.45, 2.75) is 46.1 Å². The Kier molecular flexibility index (Phi) is 6.46. The van der Waals surface area contributed by atoms with Crippen LogP contribution in [-0.4, -0.2) is 59.5 Å². The van der Waals surface area contributed by atoms with E-state index in [1.165, 1.54) is 0 Å². The first-order valence-electron chi connectivity index (χ1n) is 7.52. The summed E-state index contributed by atoms with van der Waals surface area (Å²) in [4.78, 5) is 27.0. The third-order valence-electron chi connectivity index (χ3n) is 4.15. The molecule has 0 aromatic heterocycles. The first kappa shape index (κ1) is 17.0. The van der Waals surface area contributed by atoms with Crippen molar-refractivity contribution < 1.29 is 14.7 Å². The van der Waals surface area contributed by atoms with Crippen LogP contribution in [0.1, 0.15) is 40.0 Å². The molecule has 20 heavy (non-hydrogen) atoms. The van der Waals surface area contributed by atoms with Gasteiger partial charge in [0, 0.05) is 19.1 Å². The maximum absolute atomic E-state index is 12.2. The van der Waals surface area contributed by atoms with E-state index in [2.05, 4.69) is 25.7 Å². The Balaban J connectivity index is 2.38. The molecule has 5 heteroatoms. The Hall–Kier alpha value is -1.10. The Labute approximate surface area is 121 Å². The third-order valence-corrected chi connectivity index (χ3v) is 4.15. The molecule has 0 aromatic carbocycles. The normalized spacial score (nSPS) is 18.6. The molecule has 0 aliphatic carbocycles. The first-order chi connectivity index (χ1) is 9.31. The highest BCUT2D eigenvalue weighted by molar-refractivity contribution is 5.79. The standard InChI is InChI=1S/C15H28N2O3/c1-11(2)9-12(3)16(4)10-14(18)17-7-5-13(6-8-17)15(19)20/h11-13H,5-10H2,1-4H3,(H,19,20). The molecule has 1 aliphatic heterocycles. The van der Waals surface area contributed by atoms with Gasteiger partial charge in [-0.15, -0.1) is 0 Å². The minimum absolute atomic E-state index is 0.118. The van der Waals surface area contributed by atoms with Gasteiger partial charge in [0.25, 0.3) is 0 Å². The number of aliphatic carboxylic acids is 1. The van der Waals surface area contributed by atoms with Crippen LogP contribution in [0.25, 0.3) is 0 Å². The summed E-state index contributed by atoms with van der Waals surface area (Å²) in [5.74, 6) is -0.280. The van der Waals surface area contributed by atoms with Crippen molar-refractivity contribution in [2.24, 2.45) is 11.8 Å². The molecule has 1 N–H and O–H groups in total. The van der Waals surface area contributed by atoms with Gasteiger partial charge in [-0.3, -0.25) is 14.5 Å². The van der Waals surface area contributed by atoms with Crippen molar-refractivity contribution in [2.75, 3.05) is 26.7 Å². The van der Waals surface area contributed by atoms with Crippen molar-refractivity contribution >= 4 is 11.9 Å². The van der Waals surface area contributed by atoms with E-state index >= 15 is 0 Å². The molecule has 0 aromatic rings. The van der Waals surface area contributed by atoms with E-state index in [-0.39, 0.29) is 11.8 Å². The van der Waals surface area contributed by atoms with Crippen molar-refractivity contribution in [3.63, 3.8) is 0 Å². The average molecular weight is 284 g/mol. The maximum Gasteiger partial charge on any atom is 0.306 e. The largest absolute Gasteiger partial charge is 0.481 e. The van der Waals surface area contributed by atoms with E-state index < -0.39 is 5.97 Å². The molecule has 0 saturated carbocycles. The number of carbonyl (C=O) groups excluding carboxylic acids is 1. The van der Waals surface area contributed by atoms with Crippen LogP contribution in [0.2, 0.25) is 0 Å². The third kappa shape index (κ3) is 5.12. The van der Waals surface area contributed by atoms with Gasteiger partial charge in [-0.05, 0) is 39.2 Å². The summed E-state index contributed by atoms with van der Waals surface area (Å²) in [5.41, 5.74) is 0. The van der Waals surface area contributed by atoms with Crippen LogP contribution in [0, 0.1) is 11.8 Å². The Morgan fingerprint density at radius 2 is 1.80 bits per heavy atom. The molecule has 116 valence electrons. The molecule has 1 unspecified atom stereocenters. The number of likely N-dealkylation sites (tertiary alicyclic amines) is 1. The van der Waals surface area contributed by atoms with Gasteiger partial charge in [0.2, 0.25) is 5.91 Å². The number of piperidine rings is 1. The van der Waals surface area contributed by atoms with Gasteiger partial charge in [0.15, 0.2) is 0 Å². The van der Waals surface area contributed by atoms with E-state index in [0.717, 1.165) is 6.42 Å². The second-order valence-corrected chi connectivity index (χ2v) is 6.39. The van der Waals surface area contributed by atoms with E-state index in [4.69, 9.17) is 5.11 Å². The predicted octanol–water partition coefficient (Wildman–Crippen LogP) is 1.68. The Morgan fingerprint density at radius 1 is 1.25 bits per heavy atom. The van der Waals surface area contributed by atoms with Gasteiger partial charge in [0.05, 0.1) is 12.5 Å². The topological polar surface area (TPSA) is 60.9 Å². The summed E-state index contributed by atoms with van der Waals surface area (Å²) in [5, 5.41) is 8.95. The summed E-state index contributed by atoms with van der Waals surface area (Å²) in [6.45, 7) is 8.08. The zero-order valence-corrected chi connectivity index (χ0v) is 13.1. The van der Waals surface area contributed by atoms with Crippen LogP contribution in [0.5, 0.6) is 0 Å². The molecular weight excluding hydrogens is 256 g/mol. The zero-order chi connectivity index (χ0) is 15.3. The molecule has 1 heterocycles. The first-order valence-corrected chi connectivity index (χ1v) is 7.52. The fraction of sp³-hybridized carbons (Fsp3) is 0.867. The summed E-state index contributed by atoms with van der Waals surface area (Å²) in [6, 6.07) is 0.385. The Morgan fingerprint density at radius 3 is 2.25 bits per heavy atom. The lowest BCUT2D eigenvalue weighted by atomic mass is 9.97. The number of rotatable bonds is 6. The minimum atomic E-state index is -0.736. The van der Waals surface area contributed by atoms with E-state index in [9.17, 15) is 9.59 Å². The number of nitrogens with zero attached hydrogens (tertiary/aromatic N) is 2. The Bertz CT molecular complexity index is 336. The molecule has 1 atom stereocenters. The van der Waals surface area contributed by atoms with Crippen molar-refractivity contribution in [3.8, 4) is 0 Å². The number of likely N-dealkylation sites (N-methyl/N-ethyl adjacent to an activating group) is 1. The highest BCUT2D eigenvalue weighted by Gasteiger charge is 2.27.